The van der Waals surface area contributed by atoms with E-state index in [-0.39, 0.29) is 24.3 Å². The lowest BCUT2D eigenvalue weighted by Gasteiger charge is -2.16. The second kappa shape index (κ2) is 4.31. The van der Waals surface area contributed by atoms with Crippen molar-refractivity contribution in [1.29, 1.82) is 0 Å². The van der Waals surface area contributed by atoms with E-state index in [1.54, 1.807) is 0 Å². The number of carbonyl (C=O) groups is 1. The smallest absolute Gasteiger partial charge is 0.256 e. The molecule has 1 fully saturated rings. The van der Waals surface area contributed by atoms with Gasteiger partial charge in [-0.1, -0.05) is 0 Å². The fourth-order valence-corrected chi connectivity index (χ4v) is 1.82. The van der Waals surface area contributed by atoms with E-state index in [0.717, 1.165) is 6.07 Å². The molecule has 2 atom stereocenters. The van der Waals surface area contributed by atoms with Crippen molar-refractivity contribution in [3.05, 3.63) is 29.6 Å². The molecule has 5 nitrogen and oxygen atoms in total. The molecule has 4 N–H and O–H groups in total. The molecule has 0 aliphatic carbocycles. The van der Waals surface area contributed by atoms with E-state index in [2.05, 4.69) is 0 Å². The number of rotatable bonds is 1. The van der Waals surface area contributed by atoms with Gasteiger partial charge in [0.2, 0.25) is 0 Å². The molecule has 1 aliphatic rings. The van der Waals surface area contributed by atoms with Crippen LogP contribution in [0.4, 0.5) is 10.1 Å². The summed E-state index contributed by atoms with van der Waals surface area (Å²) in [6.07, 6.45) is -1.93. The number of carbonyl (C=O) groups excluding carboxylic acids is 1. The minimum absolute atomic E-state index is 0.0238. The fourth-order valence-electron chi connectivity index (χ4n) is 1.82. The lowest BCUT2D eigenvalue weighted by molar-refractivity contribution is 0.0572. The van der Waals surface area contributed by atoms with Crippen LogP contribution in [0.25, 0.3) is 0 Å². The van der Waals surface area contributed by atoms with Crippen LogP contribution >= 0.6 is 0 Å². The number of hydrogen-bond donors (Lipinski definition) is 3. The van der Waals surface area contributed by atoms with Crippen LogP contribution < -0.4 is 5.73 Å². The molecule has 1 heterocycles. The van der Waals surface area contributed by atoms with Crippen LogP contribution in [0.15, 0.2) is 18.2 Å². The van der Waals surface area contributed by atoms with Crippen LogP contribution in [-0.4, -0.2) is 46.3 Å². The molecule has 92 valence electrons. The quantitative estimate of drug-likeness (QED) is 0.582. The van der Waals surface area contributed by atoms with Gasteiger partial charge in [-0.25, -0.2) is 4.39 Å². The molecule has 17 heavy (non-hydrogen) atoms. The second-order valence-corrected chi connectivity index (χ2v) is 4.08. The van der Waals surface area contributed by atoms with Crippen LogP contribution in [0.3, 0.4) is 0 Å². The van der Waals surface area contributed by atoms with Crippen LogP contribution in [0, 0.1) is 5.82 Å². The number of aliphatic hydroxyl groups is 2. The number of nitrogen functional groups attached to an aromatic ring is 1. The lowest BCUT2D eigenvalue weighted by Crippen LogP contribution is -2.30. The molecular formula is C11H13FN2O3. The number of nitrogens with two attached hydrogens (primary N) is 1. The first-order valence-electron chi connectivity index (χ1n) is 5.19. The first-order valence-corrected chi connectivity index (χ1v) is 5.19. The highest BCUT2D eigenvalue weighted by Crippen LogP contribution is 2.19. The Kier molecular flexibility index (Phi) is 2.99. The van der Waals surface area contributed by atoms with Crippen molar-refractivity contribution in [3.63, 3.8) is 0 Å². The number of aliphatic hydroxyl groups excluding tert-OH is 2. The van der Waals surface area contributed by atoms with Gasteiger partial charge in [-0.05, 0) is 18.2 Å². The minimum Gasteiger partial charge on any atom is -0.398 e. The maximum Gasteiger partial charge on any atom is 0.256 e. The number of benzene rings is 1. The molecule has 0 spiro atoms. The molecule has 0 bridgehead atoms. The summed E-state index contributed by atoms with van der Waals surface area (Å²) < 4.78 is 13.0. The van der Waals surface area contributed by atoms with Crippen molar-refractivity contribution < 1.29 is 19.4 Å². The van der Waals surface area contributed by atoms with Crippen molar-refractivity contribution in [1.82, 2.24) is 4.90 Å². The summed E-state index contributed by atoms with van der Waals surface area (Å²) >= 11 is 0. The molecule has 1 saturated heterocycles. The van der Waals surface area contributed by atoms with Gasteiger partial charge in [-0.3, -0.25) is 4.79 Å². The summed E-state index contributed by atoms with van der Waals surface area (Å²) in [6.45, 7) is 0.0475. The Morgan fingerprint density at radius 1 is 1.35 bits per heavy atom. The van der Waals surface area contributed by atoms with Crippen LogP contribution in [0.5, 0.6) is 0 Å². The Bertz CT molecular complexity index is 442. The van der Waals surface area contributed by atoms with Crippen molar-refractivity contribution in [2.24, 2.45) is 0 Å². The van der Waals surface area contributed by atoms with E-state index >= 15 is 0 Å². The van der Waals surface area contributed by atoms with Crippen LogP contribution in [-0.2, 0) is 0 Å². The monoisotopic (exact) mass is 240 g/mol. The normalized spacial score (nSPS) is 24.1. The van der Waals surface area contributed by atoms with E-state index in [1.807, 2.05) is 0 Å². The fraction of sp³-hybridized carbons (Fsp3) is 0.364. The predicted molar refractivity (Wildman–Crippen MR) is 58.7 cm³/mol. The number of amides is 1. The molecule has 1 amide bonds. The number of likely N-dealkylation sites (tertiary alicyclic amines) is 1. The van der Waals surface area contributed by atoms with E-state index in [9.17, 15) is 19.4 Å². The molecule has 1 aliphatic heterocycles. The molecule has 1 aromatic rings. The number of halogens is 1. The molecule has 2 rings (SSSR count). The van der Waals surface area contributed by atoms with E-state index in [4.69, 9.17) is 5.73 Å². The van der Waals surface area contributed by atoms with Gasteiger partial charge in [0, 0.05) is 18.8 Å². The Morgan fingerprint density at radius 3 is 2.53 bits per heavy atom. The van der Waals surface area contributed by atoms with Crippen molar-refractivity contribution in [3.8, 4) is 0 Å². The SMILES string of the molecule is Nc1ccc(F)cc1C(=O)N1CC(O)C(O)C1. The zero-order chi connectivity index (χ0) is 12.6. The highest BCUT2D eigenvalue weighted by atomic mass is 19.1. The summed E-state index contributed by atoms with van der Waals surface area (Å²) in [7, 11) is 0. The molecule has 0 aromatic heterocycles. The van der Waals surface area contributed by atoms with E-state index in [0.29, 0.717) is 0 Å². The Morgan fingerprint density at radius 2 is 1.94 bits per heavy atom. The Labute approximate surface area is 97.3 Å². The van der Waals surface area contributed by atoms with Gasteiger partial charge >= 0.3 is 0 Å². The molecule has 0 saturated carbocycles. The predicted octanol–water partition coefficient (Wildman–Crippen LogP) is -0.415. The Hall–Kier alpha value is -1.66. The first kappa shape index (κ1) is 11.8. The van der Waals surface area contributed by atoms with Gasteiger partial charge in [0.15, 0.2) is 0 Å². The summed E-state index contributed by atoms with van der Waals surface area (Å²) in [4.78, 5) is 13.2. The lowest BCUT2D eigenvalue weighted by atomic mass is 10.1. The minimum atomic E-state index is -0.964. The second-order valence-electron chi connectivity index (χ2n) is 4.08. The Balaban J connectivity index is 2.23. The van der Waals surface area contributed by atoms with Gasteiger partial charge in [-0.15, -0.1) is 0 Å². The van der Waals surface area contributed by atoms with Crippen LogP contribution in [0.1, 0.15) is 10.4 Å². The third kappa shape index (κ3) is 2.22. The maximum atomic E-state index is 13.0. The zero-order valence-corrected chi connectivity index (χ0v) is 9.01. The van der Waals surface area contributed by atoms with Gasteiger partial charge in [0.1, 0.15) is 5.82 Å². The zero-order valence-electron chi connectivity index (χ0n) is 9.01. The number of nitrogens with zero attached hydrogens (tertiary/aromatic N) is 1. The number of hydrogen-bond acceptors (Lipinski definition) is 4. The third-order valence-electron chi connectivity index (χ3n) is 2.79. The van der Waals surface area contributed by atoms with Gasteiger partial charge < -0.3 is 20.8 Å². The molecule has 2 unspecified atom stereocenters. The maximum absolute atomic E-state index is 13.0. The summed E-state index contributed by atoms with van der Waals surface area (Å²) in [5.41, 5.74) is 5.81. The summed E-state index contributed by atoms with van der Waals surface area (Å²) in [6, 6.07) is 3.53. The molecule has 1 aromatic carbocycles. The topological polar surface area (TPSA) is 86.8 Å². The highest BCUT2D eigenvalue weighted by molar-refractivity contribution is 5.99. The van der Waals surface area contributed by atoms with Crippen molar-refractivity contribution >= 4 is 11.6 Å². The standard InChI is InChI=1S/C11H13FN2O3/c12-6-1-2-8(13)7(3-6)11(17)14-4-9(15)10(16)5-14/h1-3,9-10,15-16H,4-5,13H2. The van der Waals surface area contributed by atoms with E-state index in [1.165, 1.54) is 17.0 Å². The van der Waals surface area contributed by atoms with Gasteiger partial charge in [-0.2, -0.15) is 0 Å². The van der Waals surface area contributed by atoms with Crippen molar-refractivity contribution in [2.45, 2.75) is 12.2 Å². The van der Waals surface area contributed by atoms with Gasteiger partial charge in [0.25, 0.3) is 5.91 Å². The molecular weight excluding hydrogens is 227 g/mol. The van der Waals surface area contributed by atoms with Crippen LogP contribution in [0.2, 0.25) is 0 Å². The average molecular weight is 240 g/mol. The molecule has 6 heteroatoms. The largest absolute Gasteiger partial charge is 0.398 e. The number of β-amino-alcohol motifs (C(OH)–C–C–N with tert-alkyl or cyclic N) is 2. The first-order chi connectivity index (χ1) is 7.99. The summed E-state index contributed by atoms with van der Waals surface area (Å²) in [5, 5.41) is 18.7. The molecule has 0 radical (unpaired) electrons. The van der Waals surface area contributed by atoms with Crippen molar-refractivity contribution in [2.75, 3.05) is 18.8 Å². The highest BCUT2D eigenvalue weighted by Gasteiger charge is 2.33. The number of anilines is 1. The third-order valence-corrected chi connectivity index (χ3v) is 2.79. The average Bonchev–Trinajstić information content (AvgIpc) is 2.62. The van der Waals surface area contributed by atoms with E-state index < -0.39 is 23.9 Å². The van der Waals surface area contributed by atoms with Gasteiger partial charge in [0.05, 0.1) is 17.8 Å². The summed E-state index contributed by atoms with van der Waals surface area (Å²) in [5.74, 6) is -1.04.